The number of hydrogen-bond acceptors (Lipinski definition) is 3. The number of para-hydroxylation sites is 1. The van der Waals surface area contributed by atoms with E-state index in [1.807, 2.05) is 24.3 Å². The van der Waals surface area contributed by atoms with Crippen molar-refractivity contribution < 1.29 is 13.6 Å². The van der Waals surface area contributed by atoms with Crippen LogP contribution in [-0.2, 0) is 4.79 Å². The van der Waals surface area contributed by atoms with Crippen LogP contribution in [0.2, 0.25) is 0 Å². The average Bonchev–Trinajstić information content (AvgIpc) is 2.57. The van der Waals surface area contributed by atoms with E-state index in [-0.39, 0.29) is 24.6 Å². The topological polar surface area (TPSA) is 54.0 Å². The van der Waals surface area contributed by atoms with E-state index in [0.717, 1.165) is 17.5 Å². The van der Waals surface area contributed by atoms with Crippen LogP contribution in [0.3, 0.4) is 0 Å². The third-order valence-corrected chi connectivity index (χ3v) is 3.51. The van der Waals surface area contributed by atoms with Gasteiger partial charge in [0, 0.05) is 30.6 Å². The summed E-state index contributed by atoms with van der Waals surface area (Å²) in [5.74, 6) is -1.55. The third kappa shape index (κ3) is 3.65. The molecular formula is C18H15F2N3O. The van der Waals surface area contributed by atoms with Gasteiger partial charge in [-0.3, -0.25) is 9.78 Å². The van der Waals surface area contributed by atoms with Gasteiger partial charge in [0.15, 0.2) is 0 Å². The van der Waals surface area contributed by atoms with Gasteiger partial charge in [0.1, 0.15) is 11.6 Å². The summed E-state index contributed by atoms with van der Waals surface area (Å²) in [6.45, 7) is 0.229. The lowest BCUT2D eigenvalue weighted by atomic mass is 10.2. The number of benzene rings is 2. The molecule has 1 aromatic heterocycles. The molecule has 2 N–H and O–H groups in total. The molecule has 0 atom stereocenters. The zero-order valence-electron chi connectivity index (χ0n) is 12.7. The normalized spacial score (nSPS) is 10.6. The van der Waals surface area contributed by atoms with Crippen LogP contribution in [0.4, 0.5) is 20.2 Å². The van der Waals surface area contributed by atoms with Crippen molar-refractivity contribution in [3.8, 4) is 0 Å². The Morgan fingerprint density at radius 3 is 2.71 bits per heavy atom. The standard InChI is InChI=1S/C18H15F2N3O/c19-13-6-7-15(14(20)11-13)21-10-8-17(24)23-16-5-1-3-12-4-2-9-22-18(12)16/h1-7,9,11,21H,8,10H2,(H,23,24). The van der Waals surface area contributed by atoms with Crippen molar-refractivity contribution in [1.82, 2.24) is 4.98 Å². The highest BCUT2D eigenvalue weighted by atomic mass is 19.1. The molecule has 3 aromatic rings. The van der Waals surface area contributed by atoms with Crippen LogP contribution in [0, 0.1) is 11.6 Å². The summed E-state index contributed by atoms with van der Waals surface area (Å²) in [5, 5.41) is 6.51. The van der Waals surface area contributed by atoms with Crippen molar-refractivity contribution in [1.29, 1.82) is 0 Å². The van der Waals surface area contributed by atoms with Crippen LogP contribution in [0.1, 0.15) is 6.42 Å². The molecule has 1 heterocycles. The van der Waals surface area contributed by atoms with Crippen LogP contribution < -0.4 is 10.6 Å². The predicted octanol–water partition coefficient (Wildman–Crippen LogP) is 3.95. The van der Waals surface area contributed by atoms with Crippen LogP contribution in [0.25, 0.3) is 10.9 Å². The zero-order valence-corrected chi connectivity index (χ0v) is 12.7. The Bertz CT molecular complexity index is 878. The number of pyridine rings is 1. The summed E-state index contributed by atoms with van der Waals surface area (Å²) in [4.78, 5) is 16.3. The molecule has 3 rings (SSSR count). The lowest BCUT2D eigenvalue weighted by Gasteiger charge is -2.09. The molecule has 0 saturated heterocycles. The number of nitrogens with one attached hydrogen (secondary N) is 2. The monoisotopic (exact) mass is 327 g/mol. The molecule has 6 heteroatoms. The minimum Gasteiger partial charge on any atom is -0.382 e. The van der Waals surface area contributed by atoms with E-state index >= 15 is 0 Å². The number of amides is 1. The molecule has 2 aromatic carbocycles. The molecule has 0 spiro atoms. The maximum atomic E-state index is 13.5. The minimum absolute atomic E-state index is 0.139. The van der Waals surface area contributed by atoms with Gasteiger partial charge in [-0.05, 0) is 24.3 Å². The van der Waals surface area contributed by atoms with Gasteiger partial charge < -0.3 is 10.6 Å². The Hall–Kier alpha value is -3.02. The second kappa shape index (κ2) is 7.04. The molecule has 0 aliphatic rings. The first kappa shape index (κ1) is 15.9. The highest BCUT2D eigenvalue weighted by Gasteiger charge is 2.08. The quantitative estimate of drug-likeness (QED) is 0.746. The number of carbonyl (C=O) groups is 1. The van der Waals surface area contributed by atoms with Gasteiger partial charge in [-0.2, -0.15) is 0 Å². The molecule has 1 amide bonds. The molecule has 0 aliphatic heterocycles. The van der Waals surface area contributed by atoms with Crippen LogP contribution in [0.5, 0.6) is 0 Å². The summed E-state index contributed by atoms with van der Waals surface area (Å²) in [6.07, 6.45) is 1.80. The van der Waals surface area contributed by atoms with Gasteiger partial charge in [-0.25, -0.2) is 8.78 Å². The first-order chi connectivity index (χ1) is 11.6. The van der Waals surface area contributed by atoms with Gasteiger partial charge in [0.25, 0.3) is 0 Å². The Kier molecular flexibility index (Phi) is 4.65. The number of fused-ring (bicyclic) bond motifs is 1. The third-order valence-electron chi connectivity index (χ3n) is 3.51. The summed E-state index contributed by atoms with van der Waals surface area (Å²) in [7, 11) is 0. The van der Waals surface area contributed by atoms with Crippen molar-refractivity contribution in [2.24, 2.45) is 0 Å². The van der Waals surface area contributed by atoms with E-state index in [1.165, 1.54) is 6.07 Å². The Labute approximate surface area is 137 Å². The maximum absolute atomic E-state index is 13.5. The first-order valence-corrected chi connectivity index (χ1v) is 7.46. The highest BCUT2D eigenvalue weighted by Crippen LogP contribution is 2.20. The van der Waals surface area contributed by atoms with Crippen LogP contribution >= 0.6 is 0 Å². The van der Waals surface area contributed by atoms with Gasteiger partial charge in [-0.15, -0.1) is 0 Å². The largest absolute Gasteiger partial charge is 0.382 e. The number of aromatic nitrogens is 1. The van der Waals surface area contributed by atoms with Crippen molar-refractivity contribution >= 4 is 28.2 Å². The molecule has 4 nitrogen and oxygen atoms in total. The summed E-state index contributed by atoms with van der Waals surface area (Å²) in [6, 6.07) is 12.5. The van der Waals surface area contributed by atoms with Crippen LogP contribution in [-0.4, -0.2) is 17.4 Å². The molecule has 0 saturated carbocycles. The number of hydrogen-bond donors (Lipinski definition) is 2. The molecule has 0 bridgehead atoms. The molecule has 0 radical (unpaired) electrons. The predicted molar refractivity (Wildman–Crippen MR) is 89.8 cm³/mol. The van der Waals surface area contributed by atoms with Crippen molar-refractivity contribution in [3.05, 3.63) is 66.4 Å². The number of anilines is 2. The van der Waals surface area contributed by atoms with E-state index in [1.54, 1.807) is 12.3 Å². The van der Waals surface area contributed by atoms with Gasteiger partial charge in [0.2, 0.25) is 5.91 Å². The van der Waals surface area contributed by atoms with E-state index < -0.39 is 11.6 Å². The van der Waals surface area contributed by atoms with E-state index in [9.17, 15) is 13.6 Å². The van der Waals surface area contributed by atoms with Gasteiger partial charge in [-0.1, -0.05) is 18.2 Å². The molecule has 24 heavy (non-hydrogen) atoms. The van der Waals surface area contributed by atoms with E-state index in [4.69, 9.17) is 0 Å². The summed E-state index contributed by atoms with van der Waals surface area (Å²) >= 11 is 0. The number of carbonyl (C=O) groups excluding carboxylic acids is 1. The number of nitrogens with zero attached hydrogens (tertiary/aromatic N) is 1. The maximum Gasteiger partial charge on any atom is 0.226 e. The fourth-order valence-corrected chi connectivity index (χ4v) is 2.36. The highest BCUT2D eigenvalue weighted by molar-refractivity contribution is 6.00. The second-order valence-corrected chi connectivity index (χ2v) is 5.23. The van der Waals surface area contributed by atoms with Crippen LogP contribution in [0.15, 0.2) is 54.7 Å². The smallest absolute Gasteiger partial charge is 0.226 e. The molecule has 0 aliphatic carbocycles. The Morgan fingerprint density at radius 2 is 1.88 bits per heavy atom. The van der Waals surface area contributed by atoms with E-state index in [2.05, 4.69) is 15.6 Å². The van der Waals surface area contributed by atoms with Crippen molar-refractivity contribution in [3.63, 3.8) is 0 Å². The Balaban J connectivity index is 1.59. The van der Waals surface area contributed by atoms with E-state index in [0.29, 0.717) is 11.2 Å². The first-order valence-electron chi connectivity index (χ1n) is 7.46. The molecular weight excluding hydrogens is 312 g/mol. The summed E-state index contributed by atoms with van der Waals surface area (Å²) in [5.41, 5.74) is 1.51. The van der Waals surface area contributed by atoms with Crippen molar-refractivity contribution in [2.45, 2.75) is 6.42 Å². The molecule has 0 fully saturated rings. The fraction of sp³-hybridized carbons (Fsp3) is 0.111. The van der Waals surface area contributed by atoms with Crippen molar-refractivity contribution in [2.75, 3.05) is 17.2 Å². The second-order valence-electron chi connectivity index (χ2n) is 5.23. The molecule has 122 valence electrons. The summed E-state index contributed by atoms with van der Waals surface area (Å²) < 4.78 is 26.3. The van der Waals surface area contributed by atoms with Gasteiger partial charge in [0.05, 0.1) is 16.9 Å². The minimum atomic E-state index is -0.686. The number of halogens is 2. The average molecular weight is 327 g/mol. The van der Waals surface area contributed by atoms with Gasteiger partial charge >= 0.3 is 0 Å². The lowest BCUT2D eigenvalue weighted by Crippen LogP contribution is -2.17. The fourth-order valence-electron chi connectivity index (χ4n) is 2.36. The molecule has 0 unspecified atom stereocenters. The zero-order chi connectivity index (χ0) is 16.9. The number of rotatable bonds is 5. The lowest BCUT2D eigenvalue weighted by molar-refractivity contribution is -0.115. The SMILES string of the molecule is O=C(CCNc1ccc(F)cc1F)Nc1cccc2cccnc12. The Morgan fingerprint density at radius 1 is 1.04 bits per heavy atom.